The summed E-state index contributed by atoms with van der Waals surface area (Å²) in [5.74, 6) is 0. The maximum absolute atomic E-state index is 3.56. The van der Waals surface area contributed by atoms with Gasteiger partial charge in [0.05, 0.1) is 0 Å². The fourth-order valence-corrected chi connectivity index (χ4v) is 2.64. The SMILES string of the molecule is CC(C)(C)Nc1ccc2c(c1)CCN(C(C)(C)C)C2. The number of hydrogen-bond donors (Lipinski definition) is 1. The monoisotopic (exact) mass is 260 g/mol. The van der Waals surface area contributed by atoms with Crippen LogP contribution in [0.2, 0.25) is 0 Å². The van der Waals surface area contributed by atoms with Crippen LogP contribution in [0, 0.1) is 0 Å². The van der Waals surface area contributed by atoms with E-state index in [9.17, 15) is 0 Å². The van der Waals surface area contributed by atoms with Crippen LogP contribution in [0.1, 0.15) is 52.7 Å². The summed E-state index contributed by atoms with van der Waals surface area (Å²) in [6.07, 6.45) is 1.16. The Kier molecular flexibility index (Phi) is 3.65. The summed E-state index contributed by atoms with van der Waals surface area (Å²) in [6.45, 7) is 15.7. The van der Waals surface area contributed by atoms with Crippen LogP contribution >= 0.6 is 0 Å². The molecule has 0 spiro atoms. The molecule has 2 rings (SSSR count). The normalized spacial score (nSPS) is 17.2. The van der Waals surface area contributed by atoms with E-state index in [-0.39, 0.29) is 11.1 Å². The van der Waals surface area contributed by atoms with Crippen molar-refractivity contribution in [1.29, 1.82) is 0 Å². The molecule has 1 heterocycles. The lowest BCUT2D eigenvalue weighted by Crippen LogP contribution is -2.44. The van der Waals surface area contributed by atoms with Crippen molar-refractivity contribution in [3.63, 3.8) is 0 Å². The van der Waals surface area contributed by atoms with Gasteiger partial charge in [-0.1, -0.05) is 6.07 Å². The van der Waals surface area contributed by atoms with Gasteiger partial charge in [-0.3, -0.25) is 4.90 Å². The molecule has 0 radical (unpaired) electrons. The van der Waals surface area contributed by atoms with Gasteiger partial charge in [-0.25, -0.2) is 0 Å². The first kappa shape index (κ1) is 14.4. The molecule has 0 saturated carbocycles. The first-order chi connectivity index (χ1) is 8.65. The second-order valence-corrected chi connectivity index (χ2v) is 7.70. The Labute approximate surface area is 118 Å². The number of nitrogens with one attached hydrogen (secondary N) is 1. The Bertz CT molecular complexity index is 449. The summed E-state index contributed by atoms with van der Waals surface area (Å²) in [5.41, 5.74) is 4.63. The molecular formula is C17H28N2. The predicted molar refractivity (Wildman–Crippen MR) is 83.7 cm³/mol. The summed E-state index contributed by atoms with van der Waals surface area (Å²) < 4.78 is 0. The zero-order chi connectivity index (χ0) is 14.3. The molecule has 2 heteroatoms. The Hall–Kier alpha value is -1.02. The molecule has 0 aliphatic carbocycles. The van der Waals surface area contributed by atoms with E-state index in [1.54, 1.807) is 0 Å². The van der Waals surface area contributed by atoms with Gasteiger partial charge in [0.2, 0.25) is 0 Å². The first-order valence-electron chi connectivity index (χ1n) is 7.30. The topological polar surface area (TPSA) is 15.3 Å². The van der Waals surface area contributed by atoms with Gasteiger partial charge in [0.15, 0.2) is 0 Å². The van der Waals surface area contributed by atoms with E-state index in [4.69, 9.17) is 0 Å². The van der Waals surface area contributed by atoms with Crippen LogP contribution in [-0.4, -0.2) is 22.5 Å². The van der Waals surface area contributed by atoms with Crippen molar-refractivity contribution in [1.82, 2.24) is 4.90 Å². The molecule has 0 saturated heterocycles. The number of benzene rings is 1. The summed E-state index contributed by atoms with van der Waals surface area (Å²) in [4.78, 5) is 2.56. The van der Waals surface area contributed by atoms with Gasteiger partial charge in [-0.2, -0.15) is 0 Å². The molecule has 19 heavy (non-hydrogen) atoms. The minimum Gasteiger partial charge on any atom is -0.380 e. The molecule has 0 atom stereocenters. The fraction of sp³-hybridized carbons (Fsp3) is 0.647. The van der Waals surface area contributed by atoms with E-state index < -0.39 is 0 Å². The highest BCUT2D eigenvalue weighted by atomic mass is 15.2. The highest BCUT2D eigenvalue weighted by Gasteiger charge is 2.25. The average Bonchev–Trinajstić information content (AvgIpc) is 2.24. The third kappa shape index (κ3) is 3.73. The van der Waals surface area contributed by atoms with Crippen molar-refractivity contribution < 1.29 is 0 Å². The van der Waals surface area contributed by atoms with Crippen molar-refractivity contribution in [3.8, 4) is 0 Å². The van der Waals surface area contributed by atoms with E-state index in [0.29, 0.717) is 0 Å². The van der Waals surface area contributed by atoms with Crippen molar-refractivity contribution in [2.24, 2.45) is 0 Å². The van der Waals surface area contributed by atoms with Gasteiger partial charge in [-0.15, -0.1) is 0 Å². The van der Waals surface area contributed by atoms with Gasteiger partial charge in [0.1, 0.15) is 0 Å². The molecule has 1 N–H and O–H groups in total. The van der Waals surface area contributed by atoms with Gasteiger partial charge in [-0.05, 0) is 71.2 Å². The molecule has 1 aliphatic heterocycles. The third-order valence-electron chi connectivity index (χ3n) is 3.69. The molecule has 1 aromatic rings. The second kappa shape index (κ2) is 4.82. The molecule has 0 amide bonds. The molecule has 1 aromatic carbocycles. The average molecular weight is 260 g/mol. The zero-order valence-electron chi connectivity index (χ0n) is 13.3. The minimum absolute atomic E-state index is 0.125. The summed E-state index contributed by atoms with van der Waals surface area (Å²) >= 11 is 0. The predicted octanol–water partition coefficient (Wildman–Crippen LogP) is 4.05. The van der Waals surface area contributed by atoms with Crippen molar-refractivity contribution >= 4 is 5.69 Å². The number of hydrogen-bond acceptors (Lipinski definition) is 2. The molecule has 0 bridgehead atoms. The van der Waals surface area contributed by atoms with E-state index >= 15 is 0 Å². The number of rotatable bonds is 1. The molecule has 0 fully saturated rings. The fourth-order valence-electron chi connectivity index (χ4n) is 2.64. The number of anilines is 1. The molecule has 1 aliphatic rings. The Morgan fingerprint density at radius 3 is 2.26 bits per heavy atom. The highest BCUT2D eigenvalue weighted by Crippen LogP contribution is 2.27. The maximum Gasteiger partial charge on any atom is 0.0347 e. The highest BCUT2D eigenvalue weighted by molar-refractivity contribution is 5.50. The van der Waals surface area contributed by atoms with Gasteiger partial charge >= 0.3 is 0 Å². The Morgan fingerprint density at radius 2 is 1.68 bits per heavy atom. The minimum atomic E-state index is 0.125. The number of nitrogens with zero attached hydrogens (tertiary/aromatic N) is 1. The van der Waals surface area contributed by atoms with Crippen molar-refractivity contribution in [2.45, 2.75) is 65.6 Å². The maximum atomic E-state index is 3.56. The smallest absolute Gasteiger partial charge is 0.0347 e. The standard InChI is InChI=1S/C17H28N2/c1-16(2,3)18-15-8-7-14-12-19(17(4,5)6)10-9-13(14)11-15/h7-8,11,18H,9-10,12H2,1-6H3. The van der Waals surface area contributed by atoms with E-state index in [1.807, 2.05) is 0 Å². The summed E-state index contributed by atoms with van der Waals surface area (Å²) in [6, 6.07) is 6.85. The van der Waals surface area contributed by atoms with Gasteiger partial charge < -0.3 is 5.32 Å². The van der Waals surface area contributed by atoms with Crippen LogP contribution < -0.4 is 5.32 Å². The number of fused-ring (bicyclic) bond motifs is 1. The Morgan fingerprint density at radius 1 is 1.00 bits per heavy atom. The van der Waals surface area contributed by atoms with Crippen LogP contribution in [0.3, 0.4) is 0 Å². The van der Waals surface area contributed by atoms with Crippen molar-refractivity contribution in [3.05, 3.63) is 29.3 Å². The Balaban J connectivity index is 2.17. The van der Waals surface area contributed by atoms with Crippen LogP contribution in [0.5, 0.6) is 0 Å². The summed E-state index contributed by atoms with van der Waals surface area (Å²) in [7, 11) is 0. The van der Waals surface area contributed by atoms with E-state index in [2.05, 4.69) is 70.0 Å². The van der Waals surface area contributed by atoms with Gasteiger partial charge in [0, 0.05) is 29.9 Å². The second-order valence-electron chi connectivity index (χ2n) is 7.70. The van der Waals surface area contributed by atoms with E-state index in [0.717, 1.165) is 19.5 Å². The van der Waals surface area contributed by atoms with E-state index in [1.165, 1.54) is 16.8 Å². The lowest BCUT2D eigenvalue weighted by molar-refractivity contribution is 0.121. The molecule has 2 nitrogen and oxygen atoms in total. The molecule has 0 unspecified atom stereocenters. The van der Waals surface area contributed by atoms with Crippen LogP contribution in [0.15, 0.2) is 18.2 Å². The van der Waals surface area contributed by atoms with Crippen LogP contribution in [-0.2, 0) is 13.0 Å². The summed E-state index contributed by atoms with van der Waals surface area (Å²) in [5, 5.41) is 3.56. The van der Waals surface area contributed by atoms with Crippen LogP contribution in [0.25, 0.3) is 0 Å². The lowest BCUT2D eigenvalue weighted by Gasteiger charge is -2.39. The zero-order valence-corrected chi connectivity index (χ0v) is 13.3. The largest absolute Gasteiger partial charge is 0.380 e. The quantitative estimate of drug-likeness (QED) is 0.819. The van der Waals surface area contributed by atoms with Gasteiger partial charge in [0.25, 0.3) is 0 Å². The molecule has 0 aromatic heterocycles. The molecule has 106 valence electrons. The third-order valence-corrected chi connectivity index (χ3v) is 3.69. The first-order valence-corrected chi connectivity index (χ1v) is 7.30. The lowest BCUT2D eigenvalue weighted by atomic mass is 9.94. The molecular weight excluding hydrogens is 232 g/mol. The van der Waals surface area contributed by atoms with Crippen LogP contribution in [0.4, 0.5) is 5.69 Å². The van der Waals surface area contributed by atoms with Crippen molar-refractivity contribution in [2.75, 3.05) is 11.9 Å².